The number of Topliss-reactive ketones (excluding diaryl/α,β-unsaturated/α-hetero) is 1. The van der Waals surface area contributed by atoms with Crippen LogP contribution in [0.3, 0.4) is 0 Å². The Morgan fingerprint density at radius 3 is 2.15 bits per heavy atom. The highest BCUT2D eigenvalue weighted by Crippen LogP contribution is 2.16. The van der Waals surface area contributed by atoms with E-state index in [-0.39, 0.29) is 22.8 Å². The van der Waals surface area contributed by atoms with Gasteiger partial charge in [-0.05, 0) is 44.2 Å². The van der Waals surface area contributed by atoms with Crippen molar-refractivity contribution in [1.29, 1.82) is 0 Å². The molecule has 0 atom stereocenters. The van der Waals surface area contributed by atoms with Gasteiger partial charge in [-0.1, -0.05) is 0 Å². The van der Waals surface area contributed by atoms with Gasteiger partial charge in [-0.3, -0.25) is 4.79 Å². The van der Waals surface area contributed by atoms with E-state index in [4.69, 9.17) is 4.74 Å². The van der Waals surface area contributed by atoms with Crippen molar-refractivity contribution >= 4 is 21.8 Å². The van der Waals surface area contributed by atoms with Crippen LogP contribution in [0.4, 0.5) is 0 Å². The molecular weight excluding hydrogens is 356 g/mol. The maximum absolute atomic E-state index is 12.3. The lowest BCUT2D eigenvalue weighted by molar-refractivity contribution is 0.0474. The van der Waals surface area contributed by atoms with E-state index in [1.807, 2.05) is 25.5 Å². The first kappa shape index (κ1) is 19.9. The molecule has 0 radical (unpaired) electrons. The van der Waals surface area contributed by atoms with Gasteiger partial charge in [0.15, 0.2) is 6.61 Å². The van der Waals surface area contributed by atoms with E-state index in [1.54, 1.807) is 6.07 Å². The maximum Gasteiger partial charge on any atom is 0.338 e. The topological polar surface area (TPSA) is 85.7 Å². The number of aromatic nitrogens is 1. The van der Waals surface area contributed by atoms with Gasteiger partial charge in [0.2, 0.25) is 15.8 Å². The lowest BCUT2D eigenvalue weighted by Gasteiger charge is -2.11. The number of esters is 1. The predicted octanol–water partition coefficient (Wildman–Crippen LogP) is 1.93. The summed E-state index contributed by atoms with van der Waals surface area (Å²) in [5.41, 5.74) is 2.44. The first-order valence-corrected chi connectivity index (χ1v) is 9.35. The number of nitrogens with zero attached hydrogens (tertiary/aromatic N) is 2. The van der Waals surface area contributed by atoms with Crippen molar-refractivity contribution in [2.75, 3.05) is 20.7 Å². The van der Waals surface area contributed by atoms with Crippen LogP contribution in [0.1, 0.15) is 32.1 Å². The van der Waals surface area contributed by atoms with Gasteiger partial charge in [0, 0.05) is 38.1 Å². The molecule has 0 aliphatic heterocycles. The zero-order chi connectivity index (χ0) is 19.6. The third kappa shape index (κ3) is 3.86. The number of hydrogen-bond acceptors (Lipinski definition) is 5. The first-order valence-electron chi connectivity index (χ1n) is 7.91. The quantitative estimate of drug-likeness (QED) is 0.566. The standard InChI is InChI=1S/C18H22N2O5S/c1-12-10-16(13(2)20(12)5)17(21)11-25-18(22)14-6-8-15(9-7-14)26(23,24)19(3)4/h6-10H,11H2,1-5H3. The predicted molar refractivity (Wildman–Crippen MR) is 96.8 cm³/mol. The summed E-state index contributed by atoms with van der Waals surface area (Å²) >= 11 is 0. The Bertz CT molecular complexity index is 941. The van der Waals surface area contributed by atoms with Crippen molar-refractivity contribution in [2.45, 2.75) is 18.7 Å². The van der Waals surface area contributed by atoms with E-state index >= 15 is 0 Å². The highest BCUT2D eigenvalue weighted by molar-refractivity contribution is 7.89. The first-order chi connectivity index (χ1) is 12.1. The zero-order valence-corrected chi connectivity index (χ0v) is 16.3. The Balaban J connectivity index is 2.06. The fourth-order valence-electron chi connectivity index (χ4n) is 2.40. The molecule has 0 amide bonds. The van der Waals surface area contributed by atoms with Crippen LogP contribution in [-0.2, 0) is 21.8 Å². The molecule has 2 rings (SSSR count). The lowest BCUT2D eigenvalue weighted by Crippen LogP contribution is -2.22. The van der Waals surface area contributed by atoms with Crippen LogP contribution >= 0.6 is 0 Å². The van der Waals surface area contributed by atoms with E-state index < -0.39 is 16.0 Å². The molecule has 0 fully saturated rings. The molecular formula is C18H22N2O5S. The number of carbonyl (C=O) groups is 2. The third-order valence-corrected chi connectivity index (χ3v) is 6.11. The number of hydrogen-bond donors (Lipinski definition) is 0. The number of carbonyl (C=O) groups excluding carboxylic acids is 2. The normalized spacial score (nSPS) is 11.6. The number of ketones is 1. The molecule has 1 heterocycles. The number of benzene rings is 1. The Kier molecular flexibility index (Phi) is 5.68. The van der Waals surface area contributed by atoms with Gasteiger partial charge < -0.3 is 9.30 Å². The molecule has 0 bridgehead atoms. The van der Waals surface area contributed by atoms with Crippen LogP contribution in [-0.4, -0.2) is 49.7 Å². The molecule has 8 heteroatoms. The molecule has 140 valence electrons. The molecule has 26 heavy (non-hydrogen) atoms. The van der Waals surface area contributed by atoms with Crippen LogP contribution in [0.15, 0.2) is 35.2 Å². The second-order valence-electron chi connectivity index (χ2n) is 6.15. The molecule has 0 saturated carbocycles. The van der Waals surface area contributed by atoms with Gasteiger partial charge >= 0.3 is 5.97 Å². The molecule has 0 N–H and O–H groups in total. The Labute approximate surface area is 153 Å². The second kappa shape index (κ2) is 7.43. The summed E-state index contributed by atoms with van der Waals surface area (Å²) in [5, 5.41) is 0. The van der Waals surface area contributed by atoms with Crippen molar-refractivity contribution < 1.29 is 22.7 Å². The fraction of sp³-hybridized carbons (Fsp3) is 0.333. The molecule has 0 aliphatic rings. The second-order valence-corrected chi connectivity index (χ2v) is 8.31. The lowest BCUT2D eigenvalue weighted by atomic mass is 10.1. The summed E-state index contributed by atoms with van der Waals surface area (Å²) in [5.74, 6) is -0.969. The van der Waals surface area contributed by atoms with Gasteiger partial charge in [-0.2, -0.15) is 0 Å². The highest BCUT2D eigenvalue weighted by atomic mass is 32.2. The molecule has 1 aromatic heterocycles. The molecule has 7 nitrogen and oxygen atoms in total. The Morgan fingerprint density at radius 2 is 1.69 bits per heavy atom. The van der Waals surface area contributed by atoms with Crippen molar-refractivity contribution in [3.05, 3.63) is 52.8 Å². The average Bonchev–Trinajstić information content (AvgIpc) is 2.86. The Morgan fingerprint density at radius 1 is 1.12 bits per heavy atom. The van der Waals surface area contributed by atoms with Gasteiger partial charge in [-0.15, -0.1) is 0 Å². The number of aryl methyl sites for hydroxylation is 1. The molecule has 0 saturated heterocycles. The van der Waals surface area contributed by atoms with Crippen LogP contribution in [0, 0.1) is 13.8 Å². The van der Waals surface area contributed by atoms with Crippen molar-refractivity contribution in [3.8, 4) is 0 Å². The summed E-state index contributed by atoms with van der Waals surface area (Å²) in [7, 11) is 1.15. The van der Waals surface area contributed by atoms with Crippen molar-refractivity contribution in [1.82, 2.24) is 8.87 Å². The van der Waals surface area contributed by atoms with Crippen LogP contribution in [0.5, 0.6) is 0 Å². The van der Waals surface area contributed by atoms with E-state index in [0.29, 0.717) is 5.56 Å². The summed E-state index contributed by atoms with van der Waals surface area (Å²) in [6.45, 7) is 3.34. The Hall–Kier alpha value is -2.45. The monoisotopic (exact) mass is 378 g/mol. The molecule has 0 spiro atoms. The molecule has 0 aliphatic carbocycles. The smallest absolute Gasteiger partial charge is 0.338 e. The van der Waals surface area contributed by atoms with E-state index in [0.717, 1.165) is 15.7 Å². The maximum atomic E-state index is 12.3. The van der Waals surface area contributed by atoms with Gasteiger partial charge in [-0.25, -0.2) is 17.5 Å². The third-order valence-electron chi connectivity index (χ3n) is 4.28. The van der Waals surface area contributed by atoms with Crippen LogP contribution in [0.25, 0.3) is 0 Å². The molecule has 0 unspecified atom stereocenters. The molecule has 2 aromatic rings. The number of ether oxygens (including phenoxy) is 1. The van der Waals surface area contributed by atoms with E-state index in [9.17, 15) is 18.0 Å². The molecule has 1 aromatic carbocycles. The highest BCUT2D eigenvalue weighted by Gasteiger charge is 2.19. The minimum absolute atomic E-state index is 0.0745. The van der Waals surface area contributed by atoms with Gasteiger partial charge in [0.25, 0.3) is 0 Å². The summed E-state index contributed by atoms with van der Waals surface area (Å²) in [4.78, 5) is 24.4. The van der Waals surface area contributed by atoms with E-state index in [2.05, 4.69) is 0 Å². The van der Waals surface area contributed by atoms with Crippen molar-refractivity contribution in [3.63, 3.8) is 0 Å². The summed E-state index contributed by atoms with van der Waals surface area (Å²) in [6, 6.07) is 7.14. The van der Waals surface area contributed by atoms with Crippen LogP contribution in [0.2, 0.25) is 0 Å². The van der Waals surface area contributed by atoms with E-state index in [1.165, 1.54) is 38.4 Å². The minimum atomic E-state index is -3.56. The zero-order valence-electron chi connectivity index (χ0n) is 15.4. The van der Waals surface area contributed by atoms with Crippen LogP contribution < -0.4 is 0 Å². The number of rotatable bonds is 6. The fourth-order valence-corrected chi connectivity index (χ4v) is 3.31. The summed E-state index contributed by atoms with van der Waals surface area (Å²) < 4.78 is 32.1. The van der Waals surface area contributed by atoms with Gasteiger partial charge in [0.1, 0.15) is 0 Å². The minimum Gasteiger partial charge on any atom is -0.454 e. The average molecular weight is 378 g/mol. The largest absolute Gasteiger partial charge is 0.454 e. The SMILES string of the molecule is Cc1cc(C(=O)COC(=O)c2ccc(S(=O)(=O)N(C)C)cc2)c(C)n1C. The van der Waals surface area contributed by atoms with Gasteiger partial charge in [0.05, 0.1) is 10.5 Å². The number of sulfonamides is 1. The summed E-state index contributed by atoms with van der Waals surface area (Å²) in [6.07, 6.45) is 0. The van der Waals surface area contributed by atoms with Crippen molar-refractivity contribution in [2.24, 2.45) is 7.05 Å².